The number of aromatic nitrogens is 1. The molecule has 0 saturated carbocycles. The van der Waals surface area contributed by atoms with Gasteiger partial charge in [0.15, 0.2) is 9.74 Å². The van der Waals surface area contributed by atoms with Gasteiger partial charge in [0.2, 0.25) is 9.84 Å². The summed E-state index contributed by atoms with van der Waals surface area (Å²) in [5, 5.41) is -1.81. The van der Waals surface area contributed by atoms with Crippen molar-refractivity contribution in [1.82, 2.24) is 4.98 Å². The van der Waals surface area contributed by atoms with Gasteiger partial charge in [0, 0.05) is 21.4 Å². The molecule has 0 aliphatic carbocycles. The number of hydrogen-bond donors (Lipinski definition) is 0. The molecule has 0 amide bonds. The summed E-state index contributed by atoms with van der Waals surface area (Å²) in [5.74, 6) is -2.41. The molecule has 0 bridgehead atoms. The van der Waals surface area contributed by atoms with Crippen molar-refractivity contribution in [1.29, 1.82) is 0 Å². The third-order valence-corrected chi connectivity index (χ3v) is 7.53. The van der Waals surface area contributed by atoms with E-state index in [0.717, 1.165) is 12.3 Å². The summed E-state index contributed by atoms with van der Waals surface area (Å²) < 4.78 is 74.0. The van der Waals surface area contributed by atoms with Gasteiger partial charge in [0.1, 0.15) is 0 Å². The number of rotatable bonds is 4. The molecule has 12 heteroatoms. The Bertz CT molecular complexity index is 603. The molecule has 1 heterocycles. The van der Waals surface area contributed by atoms with Gasteiger partial charge in [-0.2, -0.15) is 0 Å². The van der Waals surface area contributed by atoms with Crippen LogP contribution in [0.1, 0.15) is 0 Å². The van der Waals surface area contributed by atoms with Crippen LogP contribution in [-0.4, -0.2) is 23.9 Å². The van der Waals surface area contributed by atoms with E-state index in [1.165, 1.54) is 0 Å². The average molecular weight is 427 g/mol. The van der Waals surface area contributed by atoms with Crippen molar-refractivity contribution in [3.8, 4) is 0 Å². The highest BCUT2D eigenvalue weighted by molar-refractivity contribution is 9.10. The van der Waals surface area contributed by atoms with Gasteiger partial charge in [-0.1, -0.05) is 0 Å². The van der Waals surface area contributed by atoms with Crippen molar-refractivity contribution < 1.29 is 24.0 Å². The Kier molecular flexibility index (Phi) is 3.97. The molecule has 19 heavy (non-hydrogen) atoms. The second-order valence-electron chi connectivity index (χ2n) is 3.61. The predicted octanol–water partition coefficient (Wildman–Crippen LogP) is 4.75. The first-order valence-electron chi connectivity index (χ1n) is 4.33. The van der Waals surface area contributed by atoms with Gasteiger partial charge in [0.25, 0.3) is 9.05 Å². The molecule has 0 aromatic carbocycles. The number of nitrogens with zero attached hydrogens (tertiary/aromatic N) is 1. The normalized spacial score (nSPS) is 18.5. The van der Waals surface area contributed by atoms with Crippen LogP contribution in [0, 0.1) is 0 Å². The van der Waals surface area contributed by atoms with Crippen LogP contribution in [0.4, 0.5) is 15.5 Å². The van der Waals surface area contributed by atoms with Crippen molar-refractivity contribution in [2.45, 2.75) is 9.74 Å². The zero-order chi connectivity index (χ0) is 15.2. The maximum atomic E-state index is 13.7. The summed E-state index contributed by atoms with van der Waals surface area (Å²) in [7, 11) is -9.00. The number of hydrogen-bond acceptors (Lipinski definition) is 3. The first kappa shape index (κ1) is 17.3. The minimum atomic E-state index is -8.93. The van der Waals surface area contributed by atoms with Crippen molar-refractivity contribution in [2.24, 2.45) is 0 Å². The van der Waals surface area contributed by atoms with Crippen LogP contribution in [-0.2, 0) is 9.05 Å². The van der Waals surface area contributed by atoms with Crippen LogP contribution in [0.15, 0.2) is 27.8 Å². The fraction of sp³-hybridized carbons (Fsp3) is 0.286. The lowest BCUT2D eigenvalue weighted by Crippen LogP contribution is -2.29. The van der Waals surface area contributed by atoms with Crippen molar-refractivity contribution in [2.75, 3.05) is 5.75 Å². The molecule has 3 nitrogen and oxygen atoms in total. The van der Waals surface area contributed by atoms with Gasteiger partial charge in [-0.3, -0.25) is 0 Å². The molecule has 1 unspecified atom stereocenters. The molecule has 0 N–H and O–H groups in total. The quantitative estimate of drug-likeness (QED) is 0.396. The highest BCUT2D eigenvalue weighted by Crippen LogP contribution is 3.00. The monoisotopic (exact) mass is 425 g/mol. The molecule has 1 aromatic rings. The SMILES string of the molecule is O=S(=O)(Cl)C(Cl)CS(F)(F)(F)(F)c1ccc(Br)cn1. The molecule has 1 rings (SSSR count). The van der Waals surface area contributed by atoms with E-state index in [0.29, 0.717) is 6.07 Å². The number of halogens is 7. The Labute approximate surface area is 124 Å². The van der Waals surface area contributed by atoms with Crippen LogP contribution >= 0.6 is 48.1 Å². The molecular weight excluding hydrogens is 421 g/mol. The zero-order valence-corrected chi connectivity index (χ0v) is 13.5. The lowest BCUT2D eigenvalue weighted by molar-refractivity contribution is 0.438. The third-order valence-electron chi connectivity index (χ3n) is 1.94. The first-order valence-corrected chi connectivity index (χ1v) is 10.2. The van der Waals surface area contributed by atoms with Crippen LogP contribution in [0.25, 0.3) is 0 Å². The molecule has 0 fully saturated rings. The fourth-order valence-electron chi connectivity index (χ4n) is 1.06. The third kappa shape index (κ3) is 4.35. The Morgan fingerprint density at radius 1 is 1.32 bits per heavy atom. The largest absolute Gasteiger partial charge is 0.250 e. The topological polar surface area (TPSA) is 47.0 Å². The molecule has 0 radical (unpaired) electrons. The minimum Gasteiger partial charge on any atom is -0.242 e. The van der Waals surface area contributed by atoms with Gasteiger partial charge in [-0.05, 0) is 28.1 Å². The average Bonchev–Trinajstić information content (AvgIpc) is 2.13. The molecule has 0 saturated heterocycles. The molecule has 0 aliphatic heterocycles. The summed E-state index contributed by atoms with van der Waals surface area (Å²) >= 11 is 7.86. The highest BCUT2D eigenvalue weighted by Gasteiger charge is 2.67. The van der Waals surface area contributed by atoms with Gasteiger partial charge in [-0.25, -0.2) is 13.4 Å². The van der Waals surface area contributed by atoms with Gasteiger partial charge in [-0.15, -0.1) is 27.1 Å². The summed E-state index contributed by atoms with van der Waals surface area (Å²) in [5.41, 5.74) is 0. The maximum Gasteiger partial charge on any atom is 0.250 e. The van der Waals surface area contributed by atoms with E-state index in [1.807, 2.05) is 0 Å². The smallest absolute Gasteiger partial charge is 0.242 e. The number of alkyl halides is 1. The second kappa shape index (κ2) is 4.36. The predicted molar refractivity (Wildman–Crippen MR) is 71.5 cm³/mol. The standard InChI is InChI=1S/C7H6BrCl2F4NO2S2/c8-5-1-2-7(15-3-5)19(11,12,13,14)4-6(9)18(10,16)17/h1-3,6H,4H2. The summed E-state index contributed by atoms with van der Waals surface area (Å²) in [6, 6.07) is 1.33. The van der Waals surface area contributed by atoms with E-state index >= 15 is 0 Å². The molecule has 0 aliphatic rings. The van der Waals surface area contributed by atoms with Crippen LogP contribution < -0.4 is 0 Å². The minimum absolute atomic E-state index is 0.206. The lowest BCUT2D eigenvalue weighted by atomic mass is 10.5. The Morgan fingerprint density at radius 3 is 2.21 bits per heavy atom. The second-order valence-corrected chi connectivity index (χ2v) is 11.3. The summed E-state index contributed by atoms with van der Waals surface area (Å²) in [6.45, 7) is 0. The van der Waals surface area contributed by atoms with E-state index in [4.69, 9.17) is 22.3 Å². The summed E-state index contributed by atoms with van der Waals surface area (Å²) in [4.78, 5) is 2.94. The van der Waals surface area contributed by atoms with E-state index in [9.17, 15) is 24.0 Å². The van der Waals surface area contributed by atoms with Crippen molar-refractivity contribution >= 4 is 57.1 Å². The van der Waals surface area contributed by atoms with Crippen molar-refractivity contribution in [3.63, 3.8) is 0 Å². The van der Waals surface area contributed by atoms with E-state index < -0.39 is 34.4 Å². The number of pyridine rings is 1. The van der Waals surface area contributed by atoms with Crippen LogP contribution in [0.3, 0.4) is 0 Å². The Morgan fingerprint density at radius 2 is 1.84 bits per heavy atom. The highest BCUT2D eigenvalue weighted by atomic mass is 79.9. The first-order chi connectivity index (χ1) is 8.14. The lowest BCUT2D eigenvalue weighted by Gasteiger charge is -2.49. The Hall–Kier alpha value is 0.230. The van der Waals surface area contributed by atoms with Gasteiger partial charge < -0.3 is 0 Å². The summed E-state index contributed by atoms with van der Waals surface area (Å²) in [6.07, 6.45) is 0.742. The molecule has 1 aromatic heterocycles. The fourth-order valence-corrected chi connectivity index (χ4v) is 5.34. The van der Waals surface area contributed by atoms with E-state index in [1.54, 1.807) is 0 Å². The van der Waals surface area contributed by atoms with E-state index in [2.05, 4.69) is 20.9 Å². The molecule has 1 atom stereocenters. The molecule has 112 valence electrons. The van der Waals surface area contributed by atoms with Crippen molar-refractivity contribution in [3.05, 3.63) is 22.8 Å². The van der Waals surface area contributed by atoms with Crippen LogP contribution in [0.2, 0.25) is 0 Å². The van der Waals surface area contributed by atoms with E-state index in [-0.39, 0.29) is 4.47 Å². The molecule has 0 spiro atoms. The Balaban J connectivity index is 3.34. The van der Waals surface area contributed by atoms with Gasteiger partial charge in [0.05, 0.1) is 5.75 Å². The zero-order valence-electron chi connectivity index (χ0n) is 8.74. The molecular formula is C7H6BrCl2F4NO2S2. The maximum absolute atomic E-state index is 13.7. The van der Waals surface area contributed by atoms with Gasteiger partial charge >= 0.3 is 0 Å². The van der Waals surface area contributed by atoms with Crippen LogP contribution in [0.5, 0.6) is 0 Å².